The third-order valence-electron chi connectivity index (χ3n) is 1.39. The van der Waals surface area contributed by atoms with Gasteiger partial charge in [0.2, 0.25) is 0 Å². The molecule has 0 aliphatic carbocycles. The Morgan fingerprint density at radius 1 is 1.38 bits per heavy atom. The van der Waals surface area contributed by atoms with Gasteiger partial charge in [0, 0.05) is 11.7 Å². The summed E-state index contributed by atoms with van der Waals surface area (Å²) in [6.45, 7) is 6.18. The first-order chi connectivity index (χ1) is 6.01. The van der Waals surface area contributed by atoms with Crippen LogP contribution in [-0.4, -0.2) is 10.5 Å². The first kappa shape index (κ1) is 9.53. The summed E-state index contributed by atoms with van der Waals surface area (Å²) in [5, 5.41) is 11.9. The predicted molar refractivity (Wildman–Crippen MR) is 52.3 cm³/mol. The largest absolute Gasteiger partial charge is 0.379 e. The van der Waals surface area contributed by atoms with Gasteiger partial charge in [-0.1, -0.05) is 0 Å². The van der Waals surface area contributed by atoms with Gasteiger partial charge in [-0.05, 0) is 26.8 Å². The van der Waals surface area contributed by atoms with Crippen molar-refractivity contribution in [3.63, 3.8) is 0 Å². The Labute approximate surface area is 78.4 Å². The summed E-state index contributed by atoms with van der Waals surface area (Å²) in [5.74, 6) is 0. The van der Waals surface area contributed by atoms with Gasteiger partial charge in [-0.3, -0.25) is 4.98 Å². The molecule has 68 valence electrons. The summed E-state index contributed by atoms with van der Waals surface area (Å²) in [6, 6.07) is 3.84. The molecule has 0 aliphatic rings. The molecule has 0 unspecified atom stereocenters. The van der Waals surface area contributed by atoms with Crippen LogP contribution in [0, 0.1) is 11.3 Å². The van der Waals surface area contributed by atoms with Gasteiger partial charge < -0.3 is 5.32 Å². The molecular formula is C10H13N3. The summed E-state index contributed by atoms with van der Waals surface area (Å²) in [6.07, 6.45) is 3.26. The Bertz CT molecular complexity index is 331. The number of rotatable bonds is 1. The third-order valence-corrected chi connectivity index (χ3v) is 1.39. The Kier molecular flexibility index (Phi) is 2.52. The van der Waals surface area contributed by atoms with E-state index >= 15 is 0 Å². The Hall–Kier alpha value is -1.56. The molecule has 0 radical (unpaired) electrons. The topological polar surface area (TPSA) is 48.7 Å². The summed E-state index contributed by atoms with van der Waals surface area (Å²) < 4.78 is 0. The molecule has 3 nitrogen and oxygen atoms in total. The summed E-state index contributed by atoms with van der Waals surface area (Å²) in [4.78, 5) is 3.95. The second-order valence-corrected chi connectivity index (χ2v) is 3.95. The van der Waals surface area contributed by atoms with Gasteiger partial charge in [-0.2, -0.15) is 5.26 Å². The minimum atomic E-state index is -0.00421. The maximum Gasteiger partial charge on any atom is 0.101 e. The zero-order chi connectivity index (χ0) is 9.90. The molecule has 0 aromatic carbocycles. The first-order valence-electron chi connectivity index (χ1n) is 4.14. The second kappa shape index (κ2) is 3.44. The number of nitrogens with zero attached hydrogens (tertiary/aromatic N) is 2. The normalized spacial score (nSPS) is 10.6. The van der Waals surface area contributed by atoms with E-state index in [2.05, 4.69) is 37.1 Å². The standard InChI is InChI=1S/C10H13N3/c1-10(2,3)13-9-4-8(5-11)6-12-7-9/h4,6-7,13H,1-3H3. The van der Waals surface area contributed by atoms with Crippen molar-refractivity contribution in [2.24, 2.45) is 0 Å². The fourth-order valence-electron chi connectivity index (χ4n) is 1.00. The van der Waals surface area contributed by atoms with Crippen molar-refractivity contribution in [2.45, 2.75) is 26.3 Å². The van der Waals surface area contributed by atoms with Crippen molar-refractivity contribution >= 4 is 5.69 Å². The highest BCUT2D eigenvalue weighted by atomic mass is 15.0. The lowest BCUT2D eigenvalue weighted by molar-refractivity contribution is 0.633. The third kappa shape index (κ3) is 3.12. The molecule has 0 atom stereocenters. The van der Waals surface area contributed by atoms with E-state index in [0.717, 1.165) is 5.69 Å². The molecule has 3 heteroatoms. The monoisotopic (exact) mass is 175 g/mol. The summed E-state index contributed by atoms with van der Waals surface area (Å²) in [7, 11) is 0. The molecule has 13 heavy (non-hydrogen) atoms. The lowest BCUT2D eigenvalue weighted by Crippen LogP contribution is -2.26. The number of hydrogen-bond donors (Lipinski definition) is 1. The Morgan fingerprint density at radius 2 is 2.08 bits per heavy atom. The molecule has 1 N–H and O–H groups in total. The molecule has 0 aliphatic heterocycles. The van der Waals surface area contributed by atoms with E-state index in [1.54, 1.807) is 18.5 Å². The summed E-state index contributed by atoms with van der Waals surface area (Å²) in [5.41, 5.74) is 1.45. The zero-order valence-corrected chi connectivity index (χ0v) is 8.13. The van der Waals surface area contributed by atoms with Crippen LogP contribution in [0.25, 0.3) is 0 Å². The van der Waals surface area contributed by atoms with E-state index < -0.39 is 0 Å². The lowest BCUT2D eigenvalue weighted by Gasteiger charge is -2.21. The van der Waals surface area contributed by atoms with Gasteiger partial charge in [0.05, 0.1) is 17.4 Å². The van der Waals surface area contributed by atoms with E-state index in [0.29, 0.717) is 5.56 Å². The predicted octanol–water partition coefficient (Wildman–Crippen LogP) is 2.16. The molecule has 1 rings (SSSR count). The van der Waals surface area contributed by atoms with Crippen molar-refractivity contribution in [3.8, 4) is 6.07 Å². The molecule has 0 spiro atoms. The fraction of sp³-hybridized carbons (Fsp3) is 0.400. The number of nitriles is 1. The molecule has 0 bridgehead atoms. The molecule has 0 fully saturated rings. The van der Waals surface area contributed by atoms with Crippen molar-refractivity contribution in [1.29, 1.82) is 5.26 Å². The lowest BCUT2D eigenvalue weighted by atomic mass is 10.1. The molecule has 1 aromatic heterocycles. The molecule has 0 saturated heterocycles. The first-order valence-corrected chi connectivity index (χ1v) is 4.14. The Balaban J connectivity index is 2.86. The molecule has 1 aromatic rings. The maximum absolute atomic E-state index is 8.64. The van der Waals surface area contributed by atoms with E-state index in [1.807, 2.05) is 0 Å². The Morgan fingerprint density at radius 3 is 2.62 bits per heavy atom. The second-order valence-electron chi connectivity index (χ2n) is 3.95. The highest BCUT2D eigenvalue weighted by Crippen LogP contribution is 2.13. The van der Waals surface area contributed by atoms with Crippen molar-refractivity contribution < 1.29 is 0 Å². The van der Waals surface area contributed by atoms with Crippen LogP contribution in [0.4, 0.5) is 5.69 Å². The van der Waals surface area contributed by atoms with E-state index in [9.17, 15) is 0 Å². The van der Waals surface area contributed by atoms with E-state index in [-0.39, 0.29) is 5.54 Å². The number of hydrogen-bond acceptors (Lipinski definition) is 3. The number of anilines is 1. The van der Waals surface area contributed by atoms with Gasteiger partial charge in [-0.25, -0.2) is 0 Å². The summed E-state index contributed by atoms with van der Waals surface area (Å²) >= 11 is 0. The zero-order valence-electron chi connectivity index (χ0n) is 8.13. The molecule has 0 saturated carbocycles. The van der Waals surface area contributed by atoms with Gasteiger partial charge >= 0.3 is 0 Å². The minimum Gasteiger partial charge on any atom is -0.379 e. The average molecular weight is 175 g/mol. The number of aromatic nitrogens is 1. The highest BCUT2D eigenvalue weighted by Gasteiger charge is 2.09. The average Bonchev–Trinajstić information content (AvgIpc) is 2.01. The molecule has 1 heterocycles. The smallest absolute Gasteiger partial charge is 0.101 e. The van der Waals surface area contributed by atoms with Crippen LogP contribution < -0.4 is 5.32 Å². The van der Waals surface area contributed by atoms with Crippen LogP contribution in [0.15, 0.2) is 18.5 Å². The van der Waals surface area contributed by atoms with Crippen molar-refractivity contribution in [2.75, 3.05) is 5.32 Å². The van der Waals surface area contributed by atoms with Crippen LogP contribution in [-0.2, 0) is 0 Å². The number of pyridine rings is 1. The fourth-order valence-corrected chi connectivity index (χ4v) is 1.00. The van der Waals surface area contributed by atoms with E-state index in [1.165, 1.54) is 0 Å². The van der Waals surface area contributed by atoms with E-state index in [4.69, 9.17) is 5.26 Å². The van der Waals surface area contributed by atoms with Crippen LogP contribution >= 0.6 is 0 Å². The minimum absolute atomic E-state index is 0.00421. The van der Waals surface area contributed by atoms with Gasteiger partial charge in [-0.15, -0.1) is 0 Å². The van der Waals surface area contributed by atoms with Crippen LogP contribution in [0.1, 0.15) is 26.3 Å². The molecule has 0 amide bonds. The molecular weight excluding hydrogens is 162 g/mol. The van der Waals surface area contributed by atoms with Crippen LogP contribution in [0.5, 0.6) is 0 Å². The van der Waals surface area contributed by atoms with Crippen molar-refractivity contribution in [1.82, 2.24) is 4.98 Å². The van der Waals surface area contributed by atoms with Crippen LogP contribution in [0.2, 0.25) is 0 Å². The van der Waals surface area contributed by atoms with Gasteiger partial charge in [0.25, 0.3) is 0 Å². The van der Waals surface area contributed by atoms with Crippen LogP contribution in [0.3, 0.4) is 0 Å². The van der Waals surface area contributed by atoms with Gasteiger partial charge in [0.15, 0.2) is 0 Å². The highest BCUT2D eigenvalue weighted by molar-refractivity contribution is 5.47. The SMILES string of the molecule is CC(C)(C)Nc1cncc(C#N)c1. The quantitative estimate of drug-likeness (QED) is 0.711. The van der Waals surface area contributed by atoms with Crippen molar-refractivity contribution in [3.05, 3.63) is 24.0 Å². The van der Waals surface area contributed by atoms with Gasteiger partial charge in [0.1, 0.15) is 6.07 Å². The number of nitrogens with one attached hydrogen (secondary N) is 1. The maximum atomic E-state index is 8.64.